The van der Waals surface area contributed by atoms with Crippen molar-refractivity contribution >= 4 is 27.4 Å². The fourth-order valence-electron chi connectivity index (χ4n) is 4.41. The Morgan fingerprint density at radius 2 is 1.89 bits per heavy atom. The van der Waals surface area contributed by atoms with Crippen LogP contribution in [-0.4, -0.2) is 66.3 Å². The number of rotatable bonds is 6. The van der Waals surface area contributed by atoms with E-state index in [0.717, 1.165) is 5.56 Å². The van der Waals surface area contributed by atoms with E-state index >= 15 is 0 Å². The Balaban J connectivity index is 1.59. The first-order valence-electron chi connectivity index (χ1n) is 11.6. The highest BCUT2D eigenvalue weighted by Crippen LogP contribution is 2.44. The molecule has 0 amide bonds. The van der Waals surface area contributed by atoms with Gasteiger partial charge in [-0.25, -0.2) is 18.1 Å². The maximum absolute atomic E-state index is 12.8. The molecule has 0 aliphatic carbocycles. The molecule has 2 aromatic heterocycles. The monoisotopic (exact) mass is 498 g/mol. The van der Waals surface area contributed by atoms with Crippen molar-refractivity contribution in [1.29, 1.82) is 0 Å². The van der Waals surface area contributed by atoms with E-state index in [1.807, 2.05) is 41.1 Å². The molecule has 11 heteroatoms. The summed E-state index contributed by atoms with van der Waals surface area (Å²) in [5, 5.41) is 7.70. The van der Waals surface area contributed by atoms with Crippen LogP contribution in [0.3, 0.4) is 0 Å². The van der Waals surface area contributed by atoms with Crippen molar-refractivity contribution in [3.05, 3.63) is 53.9 Å². The number of aromatic nitrogens is 4. The molecule has 3 aromatic rings. The molecular weight excluding hydrogens is 468 g/mol. The second-order valence-corrected chi connectivity index (χ2v) is 12.1. The molecule has 2 aliphatic heterocycles. The van der Waals surface area contributed by atoms with E-state index in [4.69, 9.17) is 14.5 Å². The van der Waals surface area contributed by atoms with Gasteiger partial charge >= 0.3 is 0 Å². The molecule has 0 radical (unpaired) electrons. The Hall–Kier alpha value is -3.18. The minimum Gasteiger partial charge on any atom is -0.486 e. The second kappa shape index (κ2) is 8.80. The van der Waals surface area contributed by atoms with E-state index < -0.39 is 14.6 Å². The molecule has 1 saturated heterocycles. The molecule has 2 atom stereocenters. The van der Waals surface area contributed by atoms with E-state index in [2.05, 4.69) is 27.2 Å². The van der Waals surface area contributed by atoms with Gasteiger partial charge in [0, 0.05) is 12.3 Å². The topological polar surface area (TPSA) is 111 Å². The van der Waals surface area contributed by atoms with Gasteiger partial charge in [-0.05, 0) is 26.3 Å². The van der Waals surface area contributed by atoms with Gasteiger partial charge in [0.05, 0.1) is 38.0 Å². The summed E-state index contributed by atoms with van der Waals surface area (Å²) in [6.07, 6.45) is 2.92. The van der Waals surface area contributed by atoms with E-state index in [-0.39, 0.29) is 18.0 Å². The highest BCUT2D eigenvalue weighted by molar-refractivity contribution is 7.91. The molecule has 0 spiro atoms. The van der Waals surface area contributed by atoms with E-state index in [1.165, 1.54) is 6.26 Å². The van der Waals surface area contributed by atoms with Gasteiger partial charge in [-0.15, -0.1) is 0 Å². The molecular formula is C24H30N6O4S. The van der Waals surface area contributed by atoms with Crippen LogP contribution in [0, 0.1) is 0 Å². The summed E-state index contributed by atoms with van der Waals surface area (Å²) < 4.78 is 37.9. The number of benzene rings is 1. The zero-order valence-electron chi connectivity index (χ0n) is 20.3. The lowest BCUT2D eigenvalue weighted by atomic mass is 10.0. The van der Waals surface area contributed by atoms with Crippen molar-refractivity contribution in [2.75, 3.05) is 36.3 Å². The van der Waals surface area contributed by atoms with Crippen LogP contribution in [0.5, 0.6) is 5.75 Å². The van der Waals surface area contributed by atoms with Gasteiger partial charge in [0.25, 0.3) is 0 Å². The average Bonchev–Trinajstić information content (AvgIpc) is 3.24. The molecule has 5 rings (SSSR count). The number of nitrogens with one attached hydrogen (secondary N) is 1. The Morgan fingerprint density at radius 1 is 1.11 bits per heavy atom. The number of anilines is 3. The molecule has 0 bridgehead atoms. The van der Waals surface area contributed by atoms with Crippen LogP contribution < -0.4 is 15.0 Å². The number of ether oxygens (including phenoxy) is 2. The lowest BCUT2D eigenvalue weighted by Crippen LogP contribution is -2.56. The lowest BCUT2D eigenvalue weighted by Gasteiger charge is -2.45. The Morgan fingerprint density at radius 3 is 2.63 bits per heavy atom. The largest absolute Gasteiger partial charge is 0.486 e. The third-order valence-corrected chi connectivity index (χ3v) is 8.73. The van der Waals surface area contributed by atoms with Crippen molar-refractivity contribution in [3.63, 3.8) is 0 Å². The Labute approximate surface area is 205 Å². The summed E-state index contributed by atoms with van der Waals surface area (Å²) in [5.74, 6) is 1.97. The summed E-state index contributed by atoms with van der Waals surface area (Å²) in [6.45, 7) is 7.37. The smallest absolute Gasteiger partial charge is 0.230 e. The van der Waals surface area contributed by atoms with Gasteiger partial charge in [0.2, 0.25) is 5.95 Å². The van der Waals surface area contributed by atoms with Gasteiger partial charge in [0.1, 0.15) is 22.9 Å². The highest BCUT2D eigenvalue weighted by atomic mass is 32.2. The van der Waals surface area contributed by atoms with Crippen molar-refractivity contribution in [1.82, 2.24) is 19.7 Å². The number of hydrogen-bond donors (Lipinski definition) is 1. The normalized spacial score (nSPS) is 20.1. The summed E-state index contributed by atoms with van der Waals surface area (Å²) in [6, 6.07) is 11.9. The fourth-order valence-corrected chi connectivity index (χ4v) is 4.90. The van der Waals surface area contributed by atoms with Crippen molar-refractivity contribution in [3.8, 4) is 5.75 Å². The number of nitrogens with zero attached hydrogens (tertiary/aromatic N) is 5. The fraction of sp³-hybridized carbons (Fsp3) is 0.458. The summed E-state index contributed by atoms with van der Waals surface area (Å²) >= 11 is 0. The third kappa shape index (κ3) is 4.34. The Kier molecular flexibility index (Phi) is 5.92. The summed E-state index contributed by atoms with van der Waals surface area (Å²) in [7, 11) is -3.52. The summed E-state index contributed by atoms with van der Waals surface area (Å²) in [4.78, 5) is 11.7. The first-order valence-corrected chi connectivity index (χ1v) is 13.5. The number of morpholine rings is 1. The molecule has 35 heavy (non-hydrogen) atoms. The molecule has 0 unspecified atom stereocenters. The van der Waals surface area contributed by atoms with E-state index in [0.29, 0.717) is 49.4 Å². The molecule has 1 aromatic carbocycles. The van der Waals surface area contributed by atoms with Gasteiger partial charge in [-0.2, -0.15) is 10.1 Å². The quantitative estimate of drug-likeness (QED) is 0.548. The maximum atomic E-state index is 12.8. The first-order chi connectivity index (χ1) is 16.6. The van der Waals surface area contributed by atoms with Crippen LogP contribution in [0.4, 0.5) is 17.6 Å². The highest BCUT2D eigenvalue weighted by Gasteiger charge is 2.43. The third-order valence-electron chi connectivity index (χ3n) is 6.68. The minimum absolute atomic E-state index is 0.00759. The van der Waals surface area contributed by atoms with Gasteiger partial charge in [-0.3, -0.25) is 0 Å². The van der Waals surface area contributed by atoms with Gasteiger partial charge in [-0.1, -0.05) is 30.3 Å². The maximum Gasteiger partial charge on any atom is 0.230 e. The average molecular weight is 499 g/mol. The number of sulfone groups is 1. The van der Waals surface area contributed by atoms with Crippen LogP contribution in [0.15, 0.2) is 42.6 Å². The van der Waals surface area contributed by atoms with Crippen LogP contribution in [0.25, 0.3) is 0 Å². The predicted octanol–water partition coefficient (Wildman–Crippen LogP) is 2.73. The van der Waals surface area contributed by atoms with Crippen LogP contribution >= 0.6 is 0 Å². The van der Waals surface area contributed by atoms with Crippen molar-refractivity contribution < 1.29 is 17.9 Å². The molecule has 2 aliphatic rings. The van der Waals surface area contributed by atoms with Crippen LogP contribution in [0.2, 0.25) is 0 Å². The minimum atomic E-state index is -3.52. The first kappa shape index (κ1) is 23.6. The number of hydrogen-bond acceptors (Lipinski definition) is 9. The van der Waals surface area contributed by atoms with Gasteiger partial charge < -0.3 is 19.7 Å². The standard InChI is InChI=1S/C24H30N6O4S/c1-16-13-33-14-18-15-34-20-21(24(2,3)35(4,31)32)27-23(28-22(20)30(16)18)26-19-10-11-25-29(19)12-17-8-6-5-7-9-17/h5-11,16,18H,12-15H2,1-4H3,(H,26,27,28)/t16-,18+/m1/s1. The second-order valence-electron chi connectivity index (χ2n) is 9.57. The molecule has 4 heterocycles. The lowest BCUT2D eigenvalue weighted by molar-refractivity contribution is 0.0482. The molecule has 186 valence electrons. The van der Waals surface area contributed by atoms with Gasteiger partial charge in [0.15, 0.2) is 21.4 Å². The van der Waals surface area contributed by atoms with Crippen LogP contribution in [0.1, 0.15) is 32.0 Å². The molecule has 0 saturated carbocycles. The van der Waals surface area contributed by atoms with E-state index in [9.17, 15) is 8.42 Å². The van der Waals surface area contributed by atoms with Crippen molar-refractivity contribution in [2.24, 2.45) is 0 Å². The Bertz CT molecular complexity index is 1330. The van der Waals surface area contributed by atoms with Crippen LogP contribution in [-0.2, 0) is 25.9 Å². The molecule has 10 nitrogen and oxygen atoms in total. The SMILES string of the molecule is C[C@@H]1COC[C@H]2COc3c(nc(Nc4ccnn4Cc4ccccc4)nc3C(C)(C)S(C)(=O)=O)N21. The van der Waals surface area contributed by atoms with E-state index in [1.54, 1.807) is 20.0 Å². The molecule has 1 fully saturated rings. The number of fused-ring (bicyclic) bond motifs is 3. The predicted molar refractivity (Wildman–Crippen MR) is 133 cm³/mol. The molecule has 1 N–H and O–H groups in total. The zero-order valence-corrected chi connectivity index (χ0v) is 21.1. The van der Waals surface area contributed by atoms with Crippen molar-refractivity contribution in [2.45, 2.75) is 44.1 Å². The zero-order chi connectivity index (χ0) is 24.8. The summed E-state index contributed by atoms with van der Waals surface area (Å²) in [5.41, 5.74) is 1.43.